The third-order valence-electron chi connectivity index (χ3n) is 3.83. The van der Waals surface area contributed by atoms with E-state index in [4.69, 9.17) is 4.52 Å². The molecule has 0 aromatic rings. The Morgan fingerprint density at radius 3 is 1.33 bits per heavy atom. The lowest BCUT2D eigenvalue weighted by Crippen LogP contribution is -2.29. The fraction of sp³-hybridized carbons (Fsp3) is 0.900. The van der Waals surface area contributed by atoms with Crippen LogP contribution < -0.4 is 0 Å². The predicted molar refractivity (Wildman–Crippen MR) is 123 cm³/mol. The largest absolute Gasteiger partial charge is 0.185 e. The van der Waals surface area contributed by atoms with Gasteiger partial charge in [0, 0.05) is 27.0 Å². The lowest BCUT2D eigenvalue weighted by molar-refractivity contribution is 0.571. The van der Waals surface area contributed by atoms with Gasteiger partial charge in [0.25, 0.3) is 0 Å². The van der Waals surface area contributed by atoms with E-state index in [-0.39, 0.29) is 23.3 Å². The maximum atomic E-state index is 5.94. The third-order valence-corrected chi connectivity index (χ3v) is 12.2. The Morgan fingerprint density at radius 2 is 1.12 bits per heavy atom. The van der Waals surface area contributed by atoms with Crippen LogP contribution in [-0.2, 0) is 0 Å². The standard InChI is InChI=1S/C20H44BNP2/c1-16(2)24(21,17(3)4)22-23(19(8,9)10,20(11,12)13)15-14-18(5,6)7/h16-17H,1-13,21H3. The smallest absolute Gasteiger partial charge is 0.153 e. The first-order valence-corrected chi connectivity index (χ1v) is 12.1. The van der Waals surface area contributed by atoms with Gasteiger partial charge in [-0.2, -0.15) is 4.52 Å². The summed E-state index contributed by atoms with van der Waals surface area (Å²) in [7, 11) is -2.83. The molecule has 142 valence electrons. The molecule has 0 aromatic carbocycles. The van der Waals surface area contributed by atoms with Gasteiger partial charge in [-0.3, -0.25) is 0 Å². The van der Waals surface area contributed by atoms with E-state index < -0.39 is 14.3 Å². The Morgan fingerprint density at radius 1 is 0.792 bits per heavy atom. The number of rotatable bonds is 3. The Labute approximate surface area is 155 Å². The molecule has 0 aliphatic heterocycles. The van der Waals surface area contributed by atoms with Gasteiger partial charge in [0.05, 0.1) is 7.05 Å². The monoisotopic (exact) mass is 371 g/mol. The highest BCUT2D eigenvalue weighted by Gasteiger charge is 2.47. The Bertz CT molecular complexity index is 517. The molecule has 0 unspecified atom stereocenters. The molecular formula is C20H44BNP2. The maximum Gasteiger partial charge on any atom is 0.153 e. The van der Waals surface area contributed by atoms with Gasteiger partial charge in [-0.15, -0.1) is 0 Å². The molecule has 1 nitrogen and oxygen atoms in total. The predicted octanol–water partition coefficient (Wildman–Crippen LogP) is 6.82. The van der Waals surface area contributed by atoms with Crippen molar-refractivity contribution in [2.24, 2.45) is 9.93 Å². The van der Waals surface area contributed by atoms with Crippen LogP contribution in [0.25, 0.3) is 0 Å². The van der Waals surface area contributed by atoms with E-state index in [1.54, 1.807) is 0 Å². The van der Waals surface area contributed by atoms with E-state index in [1.807, 2.05) is 0 Å². The second-order valence-electron chi connectivity index (χ2n) is 10.1. The highest BCUT2D eigenvalue weighted by atomic mass is 31.2. The summed E-state index contributed by atoms with van der Waals surface area (Å²) in [6, 6.07) is 0. The van der Waals surface area contributed by atoms with Crippen molar-refractivity contribution in [3.8, 4) is 11.6 Å². The first-order valence-electron chi connectivity index (χ1n) is 8.90. The average Bonchev–Trinajstić information content (AvgIpc) is 2.29. The topological polar surface area (TPSA) is 12.4 Å². The molecule has 0 aromatic heterocycles. The molecule has 4 heteroatoms. The normalized spacial score (nSPS) is 14.7. The number of hydrogen-bond acceptors (Lipinski definition) is 1. The van der Waals surface area contributed by atoms with Crippen molar-refractivity contribution in [3.63, 3.8) is 0 Å². The van der Waals surface area contributed by atoms with E-state index in [0.717, 1.165) is 11.3 Å². The van der Waals surface area contributed by atoms with Crippen molar-refractivity contribution in [2.45, 2.75) is 112 Å². The summed E-state index contributed by atoms with van der Waals surface area (Å²) in [6.45, 7) is 30.7. The summed E-state index contributed by atoms with van der Waals surface area (Å²) in [5.41, 5.74) is 5.36. The Balaban J connectivity index is 7.08. The van der Waals surface area contributed by atoms with Crippen LogP contribution in [0.2, 0.25) is 0 Å². The van der Waals surface area contributed by atoms with Gasteiger partial charge in [-0.1, -0.05) is 53.1 Å². The van der Waals surface area contributed by atoms with Crippen LogP contribution >= 0.6 is 14.3 Å². The molecule has 0 bridgehead atoms. The van der Waals surface area contributed by atoms with Crippen molar-refractivity contribution < 1.29 is 0 Å². The van der Waals surface area contributed by atoms with Crippen molar-refractivity contribution in [1.29, 1.82) is 0 Å². The summed E-state index contributed by atoms with van der Waals surface area (Å²) in [5.74, 6) is 3.63. The molecule has 0 rings (SSSR count). The summed E-state index contributed by atoms with van der Waals surface area (Å²) in [4.78, 5) is 0. The van der Waals surface area contributed by atoms with Crippen LogP contribution in [0.3, 0.4) is 0 Å². The third kappa shape index (κ3) is 5.39. The zero-order valence-electron chi connectivity index (χ0n) is 18.0. The molecule has 0 aliphatic carbocycles. The van der Waals surface area contributed by atoms with Gasteiger partial charge in [-0.05, 0) is 55.8 Å². The van der Waals surface area contributed by atoms with Crippen LogP contribution in [0.4, 0.5) is 0 Å². The molecule has 0 atom stereocenters. The molecule has 0 amide bonds. The molecule has 0 spiro atoms. The van der Waals surface area contributed by atoms with Gasteiger partial charge in [0.2, 0.25) is 0 Å². The summed E-state index contributed by atoms with van der Waals surface area (Å²) in [5, 5.41) is 0.264. The molecule has 0 saturated heterocycles. The molecule has 0 aliphatic rings. The van der Waals surface area contributed by atoms with Crippen LogP contribution in [0.15, 0.2) is 4.52 Å². The molecule has 0 saturated carbocycles. The number of hydrogen-bond donors (Lipinski definition) is 0. The molecule has 24 heavy (non-hydrogen) atoms. The summed E-state index contributed by atoms with van der Waals surface area (Å²) >= 11 is 0. The zero-order chi connectivity index (χ0) is 19.8. The van der Waals surface area contributed by atoms with E-state index in [0.29, 0.717) is 0 Å². The van der Waals surface area contributed by atoms with Gasteiger partial charge >= 0.3 is 0 Å². The first kappa shape index (κ1) is 24.3. The Kier molecular flexibility index (Phi) is 7.58. The van der Waals surface area contributed by atoms with Crippen LogP contribution in [-0.4, -0.2) is 29.2 Å². The van der Waals surface area contributed by atoms with Crippen LogP contribution in [0.1, 0.15) is 90.0 Å². The highest BCUT2D eigenvalue weighted by molar-refractivity contribution is 8.01. The molecule has 0 N–H and O–H groups in total. The second kappa shape index (κ2) is 7.49. The fourth-order valence-electron chi connectivity index (χ4n) is 2.84. The summed E-state index contributed by atoms with van der Waals surface area (Å²) < 4.78 is 5.94. The SMILES string of the molecule is [BH3-][P+](N=P(C#CC(C)(C)C)(C(C)(C)C)C(C)(C)C)(C(C)C)C(C)C. The van der Waals surface area contributed by atoms with Crippen molar-refractivity contribution in [1.82, 2.24) is 0 Å². The van der Waals surface area contributed by atoms with E-state index >= 15 is 0 Å². The molecule has 0 radical (unpaired) electrons. The second-order valence-corrected chi connectivity index (χ2v) is 17.8. The lowest BCUT2D eigenvalue weighted by atomic mass is 9.99. The van der Waals surface area contributed by atoms with E-state index in [2.05, 4.69) is 102 Å². The molecule has 0 heterocycles. The molecular weight excluding hydrogens is 327 g/mol. The minimum absolute atomic E-state index is 0.0361. The molecule has 0 fully saturated rings. The van der Waals surface area contributed by atoms with Gasteiger partial charge in [0.15, 0.2) is 7.57 Å². The van der Waals surface area contributed by atoms with E-state index in [9.17, 15) is 0 Å². The van der Waals surface area contributed by atoms with Crippen molar-refractivity contribution in [2.75, 3.05) is 0 Å². The van der Waals surface area contributed by atoms with Gasteiger partial charge in [-0.25, -0.2) is 0 Å². The van der Waals surface area contributed by atoms with E-state index in [1.165, 1.54) is 0 Å². The minimum atomic E-state index is -1.81. The van der Waals surface area contributed by atoms with Crippen LogP contribution in [0, 0.1) is 17.0 Å². The van der Waals surface area contributed by atoms with Crippen molar-refractivity contribution in [3.05, 3.63) is 0 Å². The van der Waals surface area contributed by atoms with Crippen LogP contribution in [0.5, 0.6) is 0 Å². The Hall–Kier alpha value is 0.285. The number of nitrogens with zero attached hydrogens (tertiary/aromatic N) is 1. The van der Waals surface area contributed by atoms with Gasteiger partial charge < -0.3 is 0 Å². The fourth-order valence-corrected chi connectivity index (χ4v) is 12.4. The van der Waals surface area contributed by atoms with Crippen molar-refractivity contribution >= 4 is 21.9 Å². The highest BCUT2D eigenvalue weighted by Crippen LogP contribution is 2.78. The summed E-state index contributed by atoms with van der Waals surface area (Å²) in [6.07, 6.45) is 0. The maximum absolute atomic E-state index is 5.94. The minimum Gasteiger partial charge on any atom is -0.185 e. The average molecular weight is 371 g/mol. The van der Waals surface area contributed by atoms with Gasteiger partial charge in [0.1, 0.15) is 0 Å². The first-order chi connectivity index (χ1) is 10.3. The quantitative estimate of drug-likeness (QED) is 0.293. The lowest BCUT2D eigenvalue weighted by Gasteiger charge is -2.46. The zero-order valence-corrected chi connectivity index (χ0v) is 19.8.